The number of aryl methyl sites for hydroxylation is 1. The molecule has 94 valence electrons. The van der Waals surface area contributed by atoms with Crippen LogP contribution in [-0.4, -0.2) is 30.3 Å². The summed E-state index contributed by atoms with van der Waals surface area (Å²) < 4.78 is 0. The summed E-state index contributed by atoms with van der Waals surface area (Å²) in [4.78, 5) is 14.4. The Hall–Kier alpha value is -1.15. The fourth-order valence-corrected chi connectivity index (χ4v) is 1.90. The number of carbonyl (C=O) groups excluding carboxylic acids is 1. The summed E-state index contributed by atoms with van der Waals surface area (Å²) in [7, 11) is 0. The van der Waals surface area contributed by atoms with Crippen molar-refractivity contribution in [3.8, 4) is 0 Å². The predicted octanol–water partition coefficient (Wildman–Crippen LogP) is 3.30. The van der Waals surface area contributed by atoms with E-state index in [0.717, 1.165) is 30.6 Å². The molecular weight excluding hydrogens is 210 g/mol. The molecule has 2 heteroatoms. The van der Waals surface area contributed by atoms with E-state index in [-0.39, 0.29) is 5.78 Å². The molecule has 0 unspecified atom stereocenters. The van der Waals surface area contributed by atoms with E-state index >= 15 is 0 Å². The Morgan fingerprint density at radius 1 is 1.24 bits per heavy atom. The lowest BCUT2D eigenvalue weighted by Gasteiger charge is -2.19. The van der Waals surface area contributed by atoms with Gasteiger partial charge in [-0.05, 0) is 32.0 Å². The van der Waals surface area contributed by atoms with Crippen molar-refractivity contribution in [3.05, 3.63) is 35.4 Å². The average Bonchev–Trinajstić information content (AvgIpc) is 2.34. The minimum absolute atomic E-state index is 0.237. The lowest BCUT2D eigenvalue weighted by Crippen LogP contribution is -2.31. The van der Waals surface area contributed by atoms with Gasteiger partial charge in [0.05, 0.1) is 6.54 Å². The molecule has 0 bridgehead atoms. The first-order chi connectivity index (χ1) is 8.19. The molecule has 0 spiro atoms. The van der Waals surface area contributed by atoms with Gasteiger partial charge in [-0.2, -0.15) is 0 Å². The van der Waals surface area contributed by atoms with E-state index in [1.54, 1.807) is 0 Å². The van der Waals surface area contributed by atoms with Crippen molar-refractivity contribution >= 4 is 5.78 Å². The van der Waals surface area contributed by atoms with Crippen LogP contribution in [0.25, 0.3) is 0 Å². The van der Waals surface area contributed by atoms with Crippen LogP contribution in [0.2, 0.25) is 0 Å². The molecule has 0 atom stereocenters. The van der Waals surface area contributed by atoms with E-state index in [1.165, 1.54) is 6.42 Å². The summed E-state index contributed by atoms with van der Waals surface area (Å²) in [5.74, 6) is 0.237. The van der Waals surface area contributed by atoms with Gasteiger partial charge in [0, 0.05) is 5.56 Å². The van der Waals surface area contributed by atoms with Gasteiger partial charge in [-0.25, -0.2) is 0 Å². The van der Waals surface area contributed by atoms with Crippen molar-refractivity contribution < 1.29 is 4.79 Å². The number of unbranched alkanes of at least 4 members (excludes halogenated alkanes) is 1. The van der Waals surface area contributed by atoms with Crippen LogP contribution < -0.4 is 0 Å². The molecule has 0 saturated heterocycles. The van der Waals surface area contributed by atoms with E-state index in [4.69, 9.17) is 0 Å². The lowest BCUT2D eigenvalue weighted by atomic mass is 10.0. The van der Waals surface area contributed by atoms with Crippen molar-refractivity contribution in [3.63, 3.8) is 0 Å². The zero-order chi connectivity index (χ0) is 12.7. The monoisotopic (exact) mass is 233 g/mol. The van der Waals surface area contributed by atoms with E-state index in [2.05, 4.69) is 18.7 Å². The topological polar surface area (TPSA) is 20.3 Å². The molecule has 1 aromatic rings. The normalized spacial score (nSPS) is 10.8. The highest BCUT2D eigenvalue weighted by Crippen LogP contribution is 2.09. The molecule has 0 N–H and O–H groups in total. The second-order valence-electron chi connectivity index (χ2n) is 4.46. The first kappa shape index (κ1) is 13.9. The van der Waals surface area contributed by atoms with Crippen LogP contribution in [0.1, 0.15) is 42.6 Å². The SMILES string of the molecule is CCCCN(CC)CC(=O)c1ccccc1C. The molecule has 0 radical (unpaired) electrons. The Labute approximate surface area is 105 Å². The van der Waals surface area contributed by atoms with Crippen LogP contribution in [0.5, 0.6) is 0 Å². The van der Waals surface area contributed by atoms with Gasteiger partial charge in [0.25, 0.3) is 0 Å². The largest absolute Gasteiger partial charge is 0.296 e. The molecule has 0 saturated carbocycles. The third-order valence-corrected chi connectivity index (χ3v) is 3.09. The summed E-state index contributed by atoms with van der Waals surface area (Å²) in [6, 6.07) is 7.82. The Balaban J connectivity index is 2.61. The lowest BCUT2D eigenvalue weighted by molar-refractivity contribution is 0.0932. The second-order valence-corrected chi connectivity index (χ2v) is 4.46. The Bertz CT molecular complexity index is 360. The van der Waals surface area contributed by atoms with Crippen molar-refractivity contribution in [2.24, 2.45) is 0 Å². The Kier molecular flexibility index (Phi) is 5.92. The number of rotatable bonds is 7. The summed E-state index contributed by atoms with van der Waals surface area (Å²) in [5, 5.41) is 0. The van der Waals surface area contributed by atoms with Crippen LogP contribution in [-0.2, 0) is 0 Å². The highest BCUT2D eigenvalue weighted by atomic mass is 16.1. The highest BCUT2D eigenvalue weighted by Gasteiger charge is 2.12. The van der Waals surface area contributed by atoms with Crippen molar-refractivity contribution in [1.29, 1.82) is 0 Å². The second kappa shape index (κ2) is 7.23. The fourth-order valence-electron chi connectivity index (χ4n) is 1.90. The number of carbonyl (C=O) groups is 1. The molecule has 0 heterocycles. The maximum absolute atomic E-state index is 12.2. The maximum Gasteiger partial charge on any atom is 0.177 e. The number of ketones is 1. The van der Waals surface area contributed by atoms with E-state index in [9.17, 15) is 4.79 Å². The van der Waals surface area contributed by atoms with Crippen molar-refractivity contribution in [2.45, 2.75) is 33.6 Å². The van der Waals surface area contributed by atoms with E-state index < -0.39 is 0 Å². The number of likely N-dealkylation sites (N-methyl/N-ethyl adjacent to an activating group) is 1. The van der Waals surface area contributed by atoms with Gasteiger partial charge in [0.1, 0.15) is 0 Å². The van der Waals surface area contributed by atoms with Crippen LogP contribution >= 0.6 is 0 Å². The standard InChI is InChI=1S/C15H23NO/c1-4-6-11-16(5-2)12-15(17)14-10-8-7-9-13(14)3/h7-10H,4-6,11-12H2,1-3H3. The minimum atomic E-state index is 0.237. The predicted molar refractivity (Wildman–Crippen MR) is 72.5 cm³/mol. The molecule has 0 aliphatic rings. The molecule has 1 rings (SSSR count). The third kappa shape index (κ3) is 4.31. The highest BCUT2D eigenvalue weighted by molar-refractivity contribution is 5.98. The van der Waals surface area contributed by atoms with Gasteiger partial charge in [-0.3, -0.25) is 9.69 Å². The third-order valence-electron chi connectivity index (χ3n) is 3.09. The Morgan fingerprint density at radius 2 is 1.94 bits per heavy atom. The van der Waals surface area contributed by atoms with Crippen LogP contribution in [0.4, 0.5) is 0 Å². The summed E-state index contributed by atoms with van der Waals surface area (Å²) >= 11 is 0. The molecule has 1 aromatic carbocycles. The van der Waals surface area contributed by atoms with Gasteiger partial charge in [0.2, 0.25) is 0 Å². The van der Waals surface area contributed by atoms with Gasteiger partial charge >= 0.3 is 0 Å². The molecule has 0 aliphatic carbocycles. The van der Waals surface area contributed by atoms with Crippen molar-refractivity contribution in [1.82, 2.24) is 4.90 Å². The Morgan fingerprint density at radius 3 is 2.53 bits per heavy atom. The average molecular weight is 233 g/mol. The van der Waals surface area contributed by atoms with Crippen LogP contribution in [0.3, 0.4) is 0 Å². The van der Waals surface area contributed by atoms with E-state index in [0.29, 0.717) is 6.54 Å². The van der Waals surface area contributed by atoms with Gasteiger partial charge < -0.3 is 0 Å². The number of hydrogen-bond acceptors (Lipinski definition) is 2. The molecule has 0 amide bonds. The number of benzene rings is 1. The molecular formula is C15H23NO. The van der Waals surface area contributed by atoms with E-state index in [1.807, 2.05) is 31.2 Å². The quantitative estimate of drug-likeness (QED) is 0.673. The van der Waals surface area contributed by atoms with Crippen LogP contribution in [0, 0.1) is 6.92 Å². The number of nitrogens with zero attached hydrogens (tertiary/aromatic N) is 1. The number of hydrogen-bond donors (Lipinski definition) is 0. The zero-order valence-corrected chi connectivity index (χ0v) is 11.2. The molecule has 0 aliphatic heterocycles. The summed E-state index contributed by atoms with van der Waals surface area (Å²) in [5.41, 5.74) is 1.94. The molecule has 0 aromatic heterocycles. The van der Waals surface area contributed by atoms with Gasteiger partial charge in [-0.1, -0.05) is 44.5 Å². The van der Waals surface area contributed by atoms with Gasteiger partial charge in [-0.15, -0.1) is 0 Å². The summed E-state index contributed by atoms with van der Waals surface area (Å²) in [6.07, 6.45) is 2.34. The van der Waals surface area contributed by atoms with Crippen LogP contribution in [0.15, 0.2) is 24.3 Å². The smallest absolute Gasteiger partial charge is 0.177 e. The molecule has 17 heavy (non-hydrogen) atoms. The molecule has 2 nitrogen and oxygen atoms in total. The fraction of sp³-hybridized carbons (Fsp3) is 0.533. The van der Waals surface area contributed by atoms with Gasteiger partial charge in [0.15, 0.2) is 5.78 Å². The zero-order valence-electron chi connectivity index (χ0n) is 11.2. The molecule has 0 fully saturated rings. The number of Topliss-reactive ketones (excluding diaryl/α,β-unsaturated/α-hetero) is 1. The summed E-state index contributed by atoms with van der Waals surface area (Å²) in [6.45, 7) is 8.79. The first-order valence-electron chi connectivity index (χ1n) is 6.50. The van der Waals surface area contributed by atoms with Crippen molar-refractivity contribution in [2.75, 3.05) is 19.6 Å². The maximum atomic E-state index is 12.2. The first-order valence-corrected chi connectivity index (χ1v) is 6.50. The minimum Gasteiger partial charge on any atom is -0.296 e.